The lowest BCUT2D eigenvalue weighted by Crippen LogP contribution is -2.37. The molecule has 1 aromatic carbocycles. The van der Waals surface area contributed by atoms with Gasteiger partial charge in [-0.3, -0.25) is 9.59 Å². The zero-order valence-electron chi connectivity index (χ0n) is 47.8. The number of aromatic hydroxyl groups is 1. The van der Waals surface area contributed by atoms with Gasteiger partial charge in [0.15, 0.2) is 0 Å². The molecule has 3 atom stereocenters. The van der Waals surface area contributed by atoms with E-state index in [1.54, 1.807) is 30.3 Å². The summed E-state index contributed by atoms with van der Waals surface area (Å²) in [6.07, 6.45) is 8.44. The smallest absolute Gasteiger partial charge is 0.315 e. The highest BCUT2D eigenvalue weighted by Crippen LogP contribution is 2.33. The number of fused-ring (bicyclic) bond motifs is 1. The summed E-state index contributed by atoms with van der Waals surface area (Å²) < 4.78 is 83.5. The summed E-state index contributed by atoms with van der Waals surface area (Å²) in [6, 6.07) is 7.09. The first-order chi connectivity index (χ1) is 39.5. The van der Waals surface area contributed by atoms with Crippen LogP contribution in [0.25, 0.3) is 6.08 Å². The number of hydrogen-bond acceptors (Lipinski definition) is 20. The van der Waals surface area contributed by atoms with E-state index in [0.29, 0.717) is 241 Å². The minimum atomic E-state index is -0.237. The molecule has 2 saturated heterocycles. The number of urea groups is 1. The highest BCUT2D eigenvalue weighted by atomic mass is 32.2. The number of ether oxygens (including phenoxy) is 15. The SMILES string of the molecule is CCCOCCOCCOCCOCCOCCOCCOCCOCCOCCOCCOCCOCCN(CCCOCCOCCOCCCNC(=O)C=Cc1ccccc1O)C(=O)CCCCC1SCC2NC(=O)NC21. The van der Waals surface area contributed by atoms with E-state index in [1.807, 2.05) is 16.7 Å². The van der Waals surface area contributed by atoms with Crippen molar-refractivity contribution in [1.29, 1.82) is 0 Å². The number of phenolic OH excluding ortho intramolecular Hbond substituents is 1. The number of nitrogens with one attached hydrogen (secondary N) is 3. The Morgan fingerprint density at radius 3 is 1.44 bits per heavy atom. The minimum absolute atomic E-state index is 0.0853. The zero-order valence-corrected chi connectivity index (χ0v) is 48.7. The number of hydrogen-bond donors (Lipinski definition) is 4. The van der Waals surface area contributed by atoms with Crippen molar-refractivity contribution in [2.45, 2.75) is 69.2 Å². The maximum atomic E-state index is 13.4. The Labute approximate surface area is 479 Å². The van der Waals surface area contributed by atoms with E-state index >= 15 is 0 Å². The number of thioether (sulfide) groups is 1. The topological polar surface area (TPSA) is 249 Å². The highest BCUT2D eigenvalue weighted by molar-refractivity contribution is 8.00. The number of unbranched alkanes of at least 4 members (excludes halogenated alkanes) is 1. The molecule has 462 valence electrons. The van der Waals surface area contributed by atoms with Gasteiger partial charge >= 0.3 is 6.03 Å². The summed E-state index contributed by atoms with van der Waals surface area (Å²) in [5.74, 6) is 0.901. The van der Waals surface area contributed by atoms with Gasteiger partial charge < -0.3 is 97.0 Å². The van der Waals surface area contributed by atoms with Gasteiger partial charge in [0.05, 0.1) is 190 Å². The van der Waals surface area contributed by atoms with Gasteiger partial charge in [0.1, 0.15) is 5.75 Å². The van der Waals surface area contributed by atoms with Crippen LogP contribution in [0.4, 0.5) is 4.79 Å². The molecule has 2 heterocycles. The summed E-state index contributed by atoms with van der Waals surface area (Å²) >= 11 is 1.89. The third-order valence-corrected chi connectivity index (χ3v) is 13.5. The number of carbonyl (C=O) groups excluding carboxylic acids is 3. The minimum Gasteiger partial charge on any atom is -0.507 e. The van der Waals surface area contributed by atoms with Gasteiger partial charge in [-0.05, 0) is 44.2 Å². The molecular formula is C56H98N4O19S. The lowest BCUT2D eigenvalue weighted by molar-refractivity contribution is -0.132. The molecule has 2 fully saturated rings. The quantitative estimate of drug-likeness (QED) is 0.0414. The maximum absolute atomic E-state index is 13.4. The maximum Gasteiger partial charge on any atom is 0.315 e. The van der Waals surface area contributed by atoms with Crippen molar-refractivity contribution in [2.24, 2.45) is 0 Å². The number of carbonyl (C=O) groups is 3. The van der Waals surface area contributed by atoms with E-state index in [2.05, 4.69) is 22.9 Å². The average Bonchev–Trinajstić information content (AvgIpc) is 4.03. The first-order valence-corrected chi connectivity index (χ1v) is 29.9. The van der Waals surface area contributed by atoms with E-state index in [1.165, 1.54) is 6.08 Å². The molecule has 3 unspecified atom stereocenters. The monoisotopic (exact) mass is 1160 g/mol. The number of para-hydroxylation sites is 1. The van der Waals surface area contributed by atoms with Gasteiger partial charge in [0.25, 0.3) is 0 Å². The van der Waals surface area contributed by atoms with Crippen molar-refractivity contribution >= 4 is 35.7 Å². The Hall–Kier alpha value is -3.28. The van der Waals surface area contributed by atoms with Crippen molar-refractivity contribution in [3.05, 3.63) is 35.9 Å². The fraction of sp³-hybridized carbons (Fsp3) is 0.804. The normalized spacial score (nSPS) is 15.9. The Kier molecular flexibility index (Phi) is 46.6. The molecule has 2 aliphatic heterocycles. The summed E-state index contributed by atoms with van der Waals surface area (Å²) in [5.41, 5.74) is 0.580. The molecular weight excluding hydrogens is 1060 g/mol. The lowest BCUT2D eigenvalue weighted by atomic mass is 10.0. The van der Waals surface area contributed by atoms with Crippen molar-refractivity contribution in [3.63, 3.8) is 0 Å². The molecule has 24 heteroatoms. The summed E-state index contributed by atoms with van der Waals surface area (Å²) in [7, 11) is 0. The molecule has 3 rings (SSSR count). The van der Waals surface area contributed by atoms with Gasteiger partial charge in [-0.15, -0.1) is 0 Å². The number of nitrogens with zero attached hydrogens (tertiary/aromatic N) is 1. The fourth-order valence-electron chi connectivity index (χ4n) is 7.76. The molecule has 2 aliphatic rings. The molecule has 1 aromatic rings. The molecule has 0 spiro atoms. The van der Waals surface area contributed by atoms with Crippen LogP contribution in [0.1, 0.15) is 57.4 Å². The van der Waals surface area contributed by atoms with Crippen LogP contribution in [0.2, 0.25) is 0 Å². The third-order valence-electron chi connectivity index (χ3n) is 11.9. The second-order valence-corrected chi connectivity index (χ2v) is 19.6. The summed E-state index contributed by atoms with van der Waals surface area (Å²) in [6.45, 7) is 18.2. The number of benzene rings is 1. The van der Waals surface area contributed by atoms with Crippen LogP contribution in [-0.4, -0.2) is 269 Å². The van der Waals surface area contributed by atoms with Crippen molar-refractivity contribution in [2.75, 3.05) is 224 Å². The van der Waals surface area contributed by atoms with Gasteiger partial charge in [-0.25, -0.2) is 4.79 Å². The van der Waals surface area contributed by atoms with Crippen LogP contribution in [0.15, 0.2) is 30.3 Å². The third kappa shape index (κ3) is 40.0. The molecule has 0 saturated carbocycles. The van der Waals surface area contributed by atoms with Gasteiger partial charge in [0.2, 0.25) is 11.8 Å². The van der Waals surface area contributed by atoms with Crippen molar-refractivity contribution < 1.29 is 90.5 Å². The van der Waals surface area contributed by atoms with Crippen LogP contribution in [0, 0.1) is 0 Å². The molecule has 0 radical (unpaired) electrons. The summed E-state index contributed by atoms with van der Waals surface area (Å²) in [5, 5.41) is 19.0. The zero-order chi connectivity index (χ0) is 56.9. The Balaban J connectivity index is 1.07. The molecule has 0 bridgehead atoms. The van der Waals surface area contributed by atoms with E-state index in [0.717, 1.165) is 38.0 Å². The standard InChI is InChI=1S/C56H98N4O19S/c1-2-18-65-22-26-69-30-32-72-34-36-74-38-40-76-42-44-78-46-47-79-45-43-77-41-39-75-37-35-73-33-31-71-29-25-68-21-17-60(54(63)12-6-5-11-52-55-50(48-80-52)58-56(64)59-55)16-8-20-67-24-28-70-27-23-66-19-7-15-57-53(62)14-13-49-9-3-4-10-51(49)61/h3-4,9-10,13-14,50,52,55,61H,2,5-8,11-12,15-48H2,1H3,(H,57,62)(H2,58,59,64). The van der Waals surface area contributed by atoms with E-state index in [4.69, 9.17) is 71.1 Å². The number of phenols is 1. The van der Waals surface area contributed by atoms with E-state index < -0.39 is 0 Å². The number of amides is 4. The van der Waals surface area contributed by atoms with Crippen LogP contribution in [0.3, 0.4) is 0 Å². The molecule has 0 aromatic heterocycles. The second kappa shape index (κ2) is 52.5. The van der Waals surface area contributed by atoms with Crippen LogP contribution < -0.4 is 16.0 Å². The van der Waals surface area contributed by atoms with Gasteiger partial charge in [-0.1, -0.05) is 31.5 Å². The van der Waals surface area contributed by atoms with Gasteiger partial charge in [-0.2, -0.15) is 11.8 Å². The van der Waals surface area contributed by atoms with Gasteiger partial charge in [0, 0.05) is 68.5 Å². The second-order valence-electron chi connectivity index (χ2n) is 18.3. The van der Waals surface area contributed by atoms with Crippen LogP contribution >= 0.6 is 11.8 Å². The Bertz CT molecular complexity index is 1660. The van der Waals surface area contributed by atoms with Crippen molar-refractivity contribution in [1.82, 2.24) is 20.9 Å². The van der Waals surface area contributed by atoms with E-state index in [9.17, 15) is 19.5 Å². The first kappa shape index (κ1) is 71.0. The number of rotatable bonds is 59. The first-order valence-electron chi connectivity index (χ1n) is 28.8. The predicted molar refractivity (Wildman–Crippen MR) is 302 cm³/mol. The molecule has 4 amide bonds. The predicted octanol–water partition coefficient (Wildman–Crippen LogP) is 3.52. The average molecular weight is 1160 g/mol. The lowest BCUT2D eigenvalue weighted by Gasteiger charge is -2.23. The van der Waals surface area contributed by atoms with Crippen LogP contribution in [0.5, 0.6) is 5.75 Å². The molecule has 23 nitrogen and oxygen atoms in total. The summed E-state index contributed by atoms with van der Waals surface area (Å²) in [4.78, 5) is 39.0. The van der Waals surface area contributed by atoms with Crippen LogP contribution in [-0.2, 0) is 80.6 Å². The Morgan fingerprint density at radius 2 is 0.975 bits per heavy atom. The molecule has 0 aliphatic carbocycles. The fourth-order valence-corrected chi connectivity index (χ4v) is 9.31. The molecule has 4 N–H and O–H groups in total. The van der Waals surface area contributed by atoms with E-state index in [-0.39, 0.29) is 35.7 Å². The molecule has 80 heavy (non-hydrogen) atoms. The Morgan fingerprint density at radius 1 is 0.550 bits per heavy atom. The van der Waals surface area contributed by atoms with Crippen molar-refractivity contribution in [3.8, 4) is 5.75 Å². The largest absolute Gasteiger partial charge is 0.507 e. The highest BCUT2D eigenvalue weighted by Gasteiger charge is 2.42.